The molecular weight excluding hydrogens is 324 g/mol. The number of nitrogens with zero attached hydrogens (tertiary/aromatic N) is 2. The molecule has 0 saturated carbocycles. The number of hydrogen-bond donors (Lipinski definition) is 2. The number of aromatic nitrogens is 2. The van der Waals surface area contributed by atoms with Crippen LogP contribution in [0.4, 0.5) is 4.79 Å². The standard InChI is InChI=1S/C17H20N4O4/c1-11(2)19-17(24)20-15(22)12(3)25-16(23)13-5-7-14(8-6-13)21-10-4-9-18-21/h4-12H,1-3H3,(H2,19,20,22,24)/t12-/m1/s1. The molecule has 0 fully saturated rings. The Hall–Kier alpha value is -3.16. The molecule has 3 amide bonds. The third-order valence-corrected chi connectivity index (χ3v) is 3.18. The summed E-state index contributed by atoms with van der Waals surface area (Å²) in [6.07, 6.45) is 2.33. The van der Waals surface area contributed by atoms with Gasteiger partial charge in [0.2, 0.25) is 0 Å². The second kappa shape index (κ2) is 8.09. The Balaban J connectivity index is 1.92. The maximum absolute atomic E-state index is 12.1. The zero-order valence-electron chi connectivity index (χ0n) is 14.2. The molecule has 25 heavy (non-hydrogen) atoms. The largest absolute Gasteiger partial charge is 0.449 e. The molecule has 132 valence electrons. The fourth-order valence-electron chi connectivity index (χ4n) is 1.97. The second-order valence-electron chi connectivity index (χ2n) is 5.66. The highest BCUT2D eigenvalue weighted by Gasteiger charge is 2.21. The zero-order valence-corrected chi connectivity index (χ0v) is 14.2. The maximum atomic E-state index is 12.1. The van der Waals surface area contributed by atoms with Crippen LogP contribution in [0.25, 0.3) is 5.69 Å². The average Bonchev–Trinajstić information content (AvgIpc) is 3.08. The molecule has 0 saturated heterocycles. The van der Waals surface area contributed by atoms with Crippen molar-refractivity contribution in [2.24, 2.45) is 0 Å². The SMILES string of the molecule is CC(C)NC(=O)NC(=O)[C@@H](C)OC(=O)c1ccc(-n2cccn2)cc1. The van der Waals surface area contributed by atoms with Crippen LogP contribution in [0.3, 0.4) is 0 Å². The molecular formula is C17H20N4O4. The lowest BCUT2D eigenvalue weighted by Crippen LogP contribution is -2.46. The van der Waals surface area contributed by atoms with E-state index in [2.05, 4.69) is 15.7 Å². The fraction of sp³-hybridized carbons (Fsp3) is 0.294. The number of ether oxygens (including phenoxy) is 1. The van der Waals surface area contributed by atoms with E-state index in [9.17, 15) is 14.4 Å². The summed E-state index contributed by atoms with van der Waals surface area (Å²) in [5.41, 5.74) is 1.08. The van der Waals surface area contributed by atoms with E-state index in [4.69, 9.17) is 4.74 Å². The molecule has 2 rings (SSSR count). The lowest BCUT2D eigenvalue weighted by Gasteiger charge is -2.14. The van der Waals surface area contributed by atoms with Gasteiger partial charge >= 0.3 is 12.0 Å². The molecule has 0 bridgehead atoms. The molecule has 1 heterocycles. The topological polar surface area (TPSA) is 102 Å². The van der Waals surface area contributed by atoms with E-state index in [1.54, 1.807) is 61.3 Å². The van der Waals surface area contributed by atoms with Crippen molar-refractivity contribution in [3.63, 3.8) is 0 Å². The number of urea groups is 1. The number of carbonyl (C=O) groups excluding carboxylic acids is 3. The van der Waals surface area contributed by atoms with E-state index >= 15 is 0 Å². The van der Waals surface area contributed by atoms with Crippen molar-refractivity contribution >= 4 is 17.9 Å². The summed E-state index contributed by atoms with van der Waals surface area (Å²) >= 11 is 0. The average molecular weight is 344 g/mol. The number of esters is 1. The summed E-state index contributed by atoms with van der Waals surface area (Å²) in [5.74, 6) is -1.35. The minimum atomic E-state index is -1.10. The van der Waals surface area contributed by atoms with Crippen molar-refractivity contribution in [1.29, 1.82) is 0 Å². The van der Waals surface area contributed by atoms with Crippen LogP contribution in [0.15, 0.2) is 42.7 Å². The second-order valence-corrected chi connectivity index (χ2v) is 5.66. The summed E-state index contributed by atoms with van der Waals surface area (Å²) < 4.78 is 6.73. The number of nitrogens with one attached hydrogen (secondary N) is 2. The third-order valence-electron chi connectivity index (χ3n) is 3.18. The lowest BCUT2D eigenvalue weighted by atomic mass is 10.2. The van der Waals surface area contributed by atoms with Crippen LogP contribution < -0.4 is 10.6 Å². The molecule has 0 aliphatic carbocycles. The van der Waals surface area contributed by atoms with E-state index in [1.165, 1.54) is 6.92 Å². The quantitative estimate of drug-likeness (QED) is 0.803. The Morgan fingerprint density at radius 2 is 1.80 bits per heavy atom. The van der Waals surface area contributed by atoms with Crippen LogP contribution in [-0.4, -0.2) is 39.8 Å². The molecule has 0 aliphatic rings. The maximum Gasteiger partial charge on any atom is 0.338 e. The first-order valence-corrected chi connectivity index (χ1v) is 7.79. The molecule has 2 aromatic rings. The van der Waals surface area contributed by atoms with Crippen molar-refractivity contribution in [1.82, 2.24) is 20.4 Å². The van der Waals surface area contributed by atoms with Gasteiger partial charge in [0.15, 0.2) is 6.10 Å². The first-order valence-electron chi connectivity index (χ1n) is 7.79. The summed E-state index contributed by atoms with van der Waals surface area (Å²) in [6, 6.07) is 7.63. The van der Waals surface area contributed by atoms with Crippen molar-refractivity contribution in [2.45, 2.75) is 32.9 Å². The molecule has 0 radical (unpaired) electrons. The molecule has 0 unspecified atom stereocenters. The summed E-state index contributed by atoms with van der Waals surface area (Å²) in [4.78, 5) is 35.4. The molecule has 8 nitrogen and oxygen atoms in total. The smallest absolute Gasteiger partial charge is 0.338 e. The number of amides is 3. The molecule has 1 aromatic carbocycles. The van der Waals surface area contributed by atoms with E-state index in [0.717, 1.165) is 5.69 Å². The first kappa shape index (κ1) is 18.2. The third kappa shape index (κ3) is 5.17. The van der Waals surface area contributed by atoms with Crippen LogP contribution in [0.5, 0.6) is 0 Å². The van der Waals surface area contributed by atoms with Crippen molar-refractivity contribution in [3.05, 3.63) is 48.3 Å². The van der Waals surface area contributed by atoms with Gasteiger partial charge in [0.1, 0.15) is 0 Å². The normalized spacial score (nSPS) is 11.7. The van der Waals surface area contributed by atoms with Crippen LogP contribution in [0.1, 0.15) is 31.1 Å². The molecule has 1 atom stereocenters. The van der Waals surface area contributed by atoms with Crippen molar-refractivity contribution in [2.75, 3.05) is 0 Å². The Morgan fingerprint density at radius 1 is 1.12 bits per heavy atom. The van der Waals surface area contributed by atoms with Crippen LogP contribution >= 0.6 is 0 Å². The van der Waals surface area contributed by atoms with Crippen molar-refractivity contribution in [3.8, 4) is 5.69 Å². The molecule has 8 heteroatoms. The van der Waals surface area contributed by atoms with Gasteiger partial charge in [-0.05, 0) is 51.1 Å². The lowest BCUT2D eigenvalue weighted by molar-refractivity contribution is -0.127. The van der Waals surface area contributed by atoms with E-state index in [1.807, 2.05) is 0 Å². The predicted octanol–water partition coefficient (Wildman–Crippen LogP) is 1.65. The summed E-state index contributed by atoms with van der Waals surface area (Å²) in [7, 11) is 0. The highest BCUT2D eigenvalue weighted by molar-refractivity contribution is 5.98. The summed E-state index contributed by atoms with van der Waals surface area (Å²) in [6.45, 7) is 4.93. The van der Waals surface area contributed by atoms with Crippen LogP contribution in [0, 0.1) is 0 Å². The Labute approximate surface area is 145 Å². The van der Waals surface area contributed by atoms with Gasteiger partial charge in [-0.15, -0.1) is 0 Å². The minimum absolute atomic E-state index is 0.112. The number of benzene rings is 1. The van der Waals surface area contributed by atoms with Gasteiger partial charge in [0, 0.05) is 18.4 Å². The first-order chi connectivity index (χ1) is 11.9. The minimum Gasteiger partial charge on any atom is -0.449 e. The van der Waals surface area contributed by atoms with Gasteiger partial charge in [-0.1, -0.05) is 0 Å². The van der Waals surface area contributed by atoms with Gasteiger partial charge in [0.05, 0.1) is 11.3 Å². The number of imide groups is 1. The highest BCUT2D eigenvalue weighted by atomic mass is 16.5. The van der Waals surface area contributed by atoms with Gasteiger partial charge < -0.3 is 10.1 Å². The molecule has 0 aliphatic heterocycles. The predicted molar refractivity (Wildman–Crippen MR) is 90.3 cm³/mol. The number of rotatable bonds is 5. The molecule has 2 N–H and O–H groups in total. The fourth-order valence-corrected chi connectivity index (χ4v) is 1.97. The van der Waals surface area contributed by atoms with E-state index < -0.39 is 24.0 Å². The Kier molecular flexibility index (Phi) is 5.89. The van der Waals surface area contributed by atoms with Crippen molar-refractivity contribution < 1.29 is 19.1 Å². The Morgan fingerprint density at radius 3 is 2.36 bits per heavy atom. The van der Waals surface area contributed by atoms with E-state index in [-0.39, 0.29) is 6.04 Å². The van der Waals surface area contributed by atoms with Gasteiger partial charge in [-0.2, -0.15) is 5.10 Å². The van der Waals surface area contributed by atoms with Crippen LogP contribution in [-0.2, 0) is 9.53 Å². The van der Waals surface area contributed by atoms with E-state index in [0.29, 0.717) is 5.56 Å². The molecule has 1 aromatic heterocycles. The summed E-state index contributed by atoms with van der Waals surface area (Å²) in [5, 5.41) is 8.72. The van der Waals surface area contributed by atoms with Crippen LogP contribution in [0.2, 0.25) is 0 Å². The number of carbonyl (C=O) groups is 3. The van der Waals surface area contributed by atoms with Gasteiger partial charge in [-0.25, -0.2) is 14.3 Å². The highest BCUT2D eigenvalue weighted by Crippen LogP contribution is 2.10. The van der Waals surface area contributed by atoms with Gasteiger partial charge in [-0.3, -0.25) is 10.1 Å². The number of hydrogen-bond acceptors (Lipinski definition) is 5. The molecule has 0 spiro atoms. The zero-order chi connectivity index (χ0) is 18.4. The monoisotopic (exact) mass is 344 g/mol. The Bertz CT molecular complexity index is 739. The van der Waals surface area contributed by atoms with Gasteiger partial charge in [0.25, 0.3) is 5.91 Å².